The molecular weight excluding hydrogens is 306 g/mol. The van der Waals surface area contributed by atoms with Crippen LogP contribution in [-0.4, -0.2) is 15.5 Å². The van der Waals surface area contributed by atoms with E-state index in [2.05, 4.69) is 29.8 Å². The summed E-state index contributed by atoms with van der Waals surface area (Å²) in [5.74, 6) is 1.50. The number of imidazole rings is 1. The van der Waals surface area contributed by atoms with E-state index < -0.39 is 0 Å². The molecule has 0 radical (unpaired) electrons. The number of hydrogen-bond donors (Lipinski definition) is 1. The molecule has 0 spiro atoms. The second-order valence-electron chi connectivity index (χ2n) is 6.01. The van der Waals surface area contributed by atoms with Gasteiger partial charge in [0, 0.05) is 6.54 Å². The minimum Gasteiger partial charge on any atom is -0.344 e. The molecule has 0 aliphatic carbocycles. The van der Waals surface area contributed by atoms with Crippen molar-refractivity contribution in [2.75, 3.05) is 0 Å². The Morgan fingerprint density at radius 3 is 2.83 bits per heavy atom. The van der Waals surface area contributed by atoms with Crippen LogP contribution in [0, 0.1) is 5.92 Å². The van der Waals surface area contributed by atoms with Crippen LogP contribution in [0.15, 0.2) is 41.8 Å². The maximum atomic E-state index is 12.1. The molecule has 0 fully saturated rings. The van der Waals surface area contributed by atoms with Crippen LogP contribution in [-0.2, 0) is 13.1 Å². The highest BCUT2D eigenvalue weighted by Gasteiger charge is 2.13. The van der Waals surface area contributed by atoms with Gasteiger partial charge in [-0.05, 0) is 35.9 Å². The van der Waals surface area contributed by atoms with Crippen molar-refractivity contribution in [2.24, 2.45) is 5.92 Å². The van der Waals surface area contributed by atoms with Crippen molar-refractivity contribution in [3.05, 3.63) is 52.5 Å². The average molecular weight is 327 g/mol. The van der Waals surface area contributed by atoms with E-state index in [0.29, 0.717) is 12.5 Å². The lowest BCUT2D eigenvalue weighted by Gasteiger charge is -2.11. The fourth-order valence-electron chi connectivity index (χ4n) is 2.55. The van der Waals surface area contributed by atoms with Gasteiger partial charge in [0.15, 0.2) is 0 Å². The molecule has 0 aliphatic heterocycles. The lowest BCUT2D eigenvalue weighted by molar-refractivity contribution is 0.0953. The molecule has 0 aliphatic rings. The number of para-hydroxylation sites is 2. The Hall–Kier alpha value is -2.14. The second kappa shape index (κ2) is 6.96. The first-order valence-corrected chi connectivity index (χ1v) is 8.79. The first-order chi connectivity index (χ1) is 11.1. The smallest absolute Gasteiger partial charge is 0.261 e. The first kappa shape index (κ1) is 15.7. The number of nitrogens with one attached hydrogen (secondary N) is 1. The van der Waals surface area contributed by atoms with Gasteiger partial charge in [-0.1, -0.05) is 32.0 Å². The summed E-state index contributed by atoms with van der Waals surface area (Å²) < 4.78 is 2.23. The van der Waals surface area contributed by atoms with Crippen LogP contribution in [0.2, 0.25) is 0 Å². The minimum absolute atomic E-state index is 0.0394. The van der Waals surface area contributed by atoms with Crippen LogP contribution in [0.5, 0.6) is 0 Å². The fourth-order valence-corrected chi connectivity index (χ4v) is 3.19. The molecule has 120 valence electrons. The number of amides is 1. The van der Waals surface area contributed by atoms with Gasteiger partial charge in [-0.2, -0.15) is 0 Å². The van der Waals surface area contributed by atoms with Crippen LogP contribution in [0.25, 0.3) is 11.0 Å². The Labute approximate surface area is 140 Å². The van der Waals surface area contributed by atoms with Crippen molar-refractivity contribution in [3.8, 4) is 0 Å². The number of rotatable bonds is 6. The normalized spacial score (nSPS) is 11.3. The molecule has 0 bridgehead atoms. The summed E-state index contributed by atoms with van der Waals surface area (Å²) >= 11 is 1.45. The molecule has 2 heterocycles. The van der Waals surface area contributed by atoms with Crippen molar-refractivity contribution in [3.63, 3.8) is 0 Å². The van der Waals surface area contributed by atoms with Gasteiger partial charge < -0.3 is 9.88 Å². The largest absolute Gasteiger partial charge is 0.344 e. The van der Waals surface area contributed by atoms with Crippen molar-refractivity contribution in [1.82, 2.24) is 14.9 Å². The van der Waals surface area contributed by atoms with Gasteiger partial charge in [0.1, 0.15) is 5.82 Å². The molecule has 4 nitrogen and oxygen atoms in total. The number of carbonyl (C=O) groups is 1. The minimum atomic E-state index is -0.0394. The third-order valence-corrected chi connectivity index (χ3v) is 4.68. The number of aryl methyl sites for hydroxylation is 1. The molecule has 3 rings (SSSR count). The lowest BCUT2D eigenvalue weighted by atomic mass is 10.1. The summed E-state index contributed by atoms with van der Waals surface area (Å²) in [5, 5.41) is 4.89. The predicted molar refractivity (Wildman–Crippen MR) is 94.7 cm³/mol. The lowest BCUT2D eigenvalue weighted by Crippen LogP contribution is -2.24. The number of thiophene rings is 1. The molecule has 0 saturated carbocycles. The Bertz CT molecular complexity index is 790. The molecule has 0 saturated heterocycles. The summed E-state index contributed by atoms with van der Waals surface area (Å²) in [4.78, 5) is 17.6. The van der Waals surface area contributed by atoms with Gasteiger partial charge in [0.2, 0.25) is 0 Å². The molecule has 5 heteroatoms. The van der Waals surface area contributed by atoms with Crippen LogP contribution >= 0.6 is 11.3 Å². The first-order valence-electron chi connectivity index (χ1n) is 7.91. The van der Waals surface area contributed by atoms with E-state index in [1.54, 1.807) is 0 Å². The summed E-state index contributed by atoms with van der Waals surface area (Å²) in [6, 6.07) is 11.9. The van der Waals surface area contributed by atoms with Crippen LogP contribution in [0.3, 0.4) is 0 Å². The van der Waals surface area contributed by atoms with Crippen LogP contribution in [0.1, 0.15) is 35.8 Å². The van der Waals surface area contributed by atoms with Gasteiger partial charge in [0.25, 0.3) is 5.91 Å². The molecule has 0 atom stereocenters. The number of aromatic nitrogens is 2. The SMILES string of the molecule is CC(C)CCn1c(CNC(=O)c2cccs2)nc2ccccc21. The third-order valence-electron chi connectivity index (χ3n) is 3.82. The number of carbonyl (C=O) groups excluding carboxylic acids is 1. The number of fused-ring (bicyclic) bond motifs is 1. The third kappa shape index (κ3) is 3.62. The number of nitrogens with zero attached hydrogens (tertiary/aromatic N) is 2. The molecule has 23 heavy (non-hydrogen) atoms. The van der Waals surface area contributed by atoms with Crippen molar-refractivity contribution in [2.45, 2.75) is 33.4 Å². The Kier molecular flexibility index (Phi) is 4.76. The van der Waals surface area contributed by atoms with Crippen LogP contribution < -0.4 is 5.32 Å². The van der Waals surface area contributed by atoms with E-state index in [1.807, 2.05) is 35.7 Å². The summed E-state index contributed by atoms with van der Waals surface area (Å²) in [7, 11) is 0. The van der Waals surface area contributed by atoms with Gasteiger partial charge in [-0.3, -0.25) is 4.79 Å². The highest BCUT2D eigenvalue weighted by atomic mass is 32.1. The monoisotopic (exact) mass is 327 g/mol. The second-order valence-corrected chi connectivity index (χ2v) is 6.96. The van der Waals surface area contributed by atoms with E-state index in [9.17, 15) is 4.79 Å². The van der Waals surface area contributed by atoms with Gasteiger partial charge in [-0.15, -0.1) is 11.3 Å². The highest BCUT2D eigenvalue weighted by Crippen LogP contribution is 2.18. The zero-order valence-electron chi connectivity index (χ0n) is 13.5. The van der Waals surface area contributed by atoms with Crippen molar-refractivity contribution >= 4 is 28.3 Å². The van der Waals surface area contributed by atoms with Gasteiger partial charge >= 0.3 is 0 Å². The maximum Gasteiger partial charge on any atom is 0.261 e. The zero-order valence-corrected chi connectivity index (χ0v) is 14.3. The van der Waals surface area contributed by atoms with Gasteiger partial charge in [0.05, 0.1) is 22.5 Å². The highest BCUT2D eigenvalue weighted by molar-refractivity contribution is 7.12. The average Bonchev–Trinajstić information content (AvgIpc) is 3.18. The van der Waals surface area contributed by atoms with Crippen molar-refractivity contribution in [1.29, 1.82) is 0 Å². The topological polar surface area (TPSA) is 46.9 Å². The Balaban J connectivity index is 1.81. The molecule has 0 unspecified atom stereocenters. The fraction of sp³-hybridized carbons (Fsp3) is 0.333. The molecule has 1 aromatic carbocycles. The molecule has 1 amide bonds. The zero-order chi connectivity index (χ0) is 16.2. The van der Waals surface area contributed by atoms with E-state index in [0.717, 1.165) is 34.7 Å². The summed E-state index contributed by atoms with van der Waals surface area (Å²) in [5.41, 5.74) is 2.12. The molecule has 2 aromatic heterocycles. The Morgan fingerprint density at radius 2 is 2.09 bits per heavy atom. The molecular formula is C18H21N3OS. The van der Waals surface area contributed by atoms with E-state index in [4.69, 9.17) is 4.98 Å². The Morgan fingerprint density at radius 1 is 1.26 bits per heavy atom. The maximum absolute atomic E-state index is 12.1. The molecule has 1 N–H and O–H groups in total. The standard InChI is InChI=1S/C18H21N3OS/c1-13(2)9-10-21-15-7-4-3-6-14(15)20-17(21)12-19-18(22)16-8-5-11-23-16/h3-8,11,13H,9-10,12H2,1-2H3,(H,19,22). The van der Waals surface area contributed by atoms with Crippen molar-refractivity contribution < 1.29 is 4.79 Å². The number of benzene rings is 1. The van der Waals surface area contributed by atoms with Crippen LogP contribution in [0.4, 0.5) is 0 Å². The summed E-state index contributed by atoms with van der Waals surface area (Å²) in [6.45, 7) is 5.81. The molecule has 3 aromatic rings. The predicted octanol–water partition coefficient (Wildman–Crippen LogP) is 4.07. The van der Waals surface area contributed by atoms with Gasteiger partial charge in [-0.25, -0.2) is 4.98 Å². The summed E-state index contributed by atoms with van der Waals surface area (Å²) in [6.07, 6.45) is 1.09. The van der Waals surface area contributed by atoms with E-state index in [-0.39, 0.29) is 5.91 Å². The van der Waals surface area contributed by atoms with E-state index in [1.165, 1.54) is 11.3 Å². The quantitative estimate of drug-likeness (QED) is 0.742. The van der Waals surface area contributed by atoms with E-state index >= 15 is 0 Å². The number of hydrogen-bond acceptors (Lipinski definition) is 3.